The maximum Gasteiger partial charge on any atom is 0.342 e. The number of carbonyl (C=O) groups excluding carboxylic acids is 1. The second-order valence-electron chi connectivity index (χ2n) is 4.26. The smallest absolute Gasteiger partial charge is 0.342 e. The molecular formula is C12H15FN4O2. The van der Waals surface area contributed by atoms with Crippen LogP contribution in [0.1, 0.15) is 35.4 Å². The molecule has 19 heavy (non-hydrogen) atoms. The van der Waals surface area contributed by atoms with E-state index >= 15 is 0 Å². The van der Waals surface area contributed by atoms with Crippen LogP contribution in [0.3, 0.4) is 0 Å². The van der Waals surface area contributed by atoms with Crippen LogP contribution < -0.4 is 5.32 Å². The normalized spacial score (nSPS) is 22.8. The zero-order valence-corrected chi connectivity index (χ0v) is 10.6. The number of esters is 1. The minimum atomic E-state index is -1.13. The molecule has 7 heteroatoms. The van der Waals surface area contributed by atoms with Crippen LogP contribution in [0, 0.1) is 11.3 Å². The molecule has 2 rings (SSSR count). The van der Waals surface area contributed by atoms with Gasteiger partial charge >= 0.3 is 5.97 Å². The first-order chi connectivity index (χ1) is 9.19. The number of nitrogens with zero attached hydrogens (tertiary/aromatic N) is 3. The van der Waals surface area contributed by atoms with Crippen molar-refractivity contribution in [3.05, 3.63) is 17.5 Å². The molecule has 0 aliphatic carbocycles. The summed E-state index contributed by atoms with van der Waals surface area (Å²) in [5.74, 6) is -0.602. The summed E-state index contributed by atoms with van der Waals surface area (Å²) in [6, 6.07) is 1.40. The van der Waals surface area contributed by atoms with Gasteiger partial charge in [0.25, 0.3) is 0 Å². The zero-order chi connectivity index (χ0) is 13.8. The Morgan fingerprint density at radius 3 is 3.21 bits per heavy atom. The van der Waals surface area contributed by atoms with E-state index in [1.807, 2.05) is 6.07 Å². The number of ether oxygens (including phenoxy) is 1. The van der Waals surface area contributed by atoms with E-state index in [2.05, 4.69) is 10.4 Å². The molecule has 1 aromatic heterocycles. The molecule has 0 spiro atoms. The summed E-state index contributed by atoms with van der Waals surface area (Å²) in [4.78, 5) is 11.7. The van der Waals surface area contributed by atoms with E-state index in [0.717, 1.165) is 0 Å². The van der Waals surface area contributed by atoms with Gasteiger partial charge in [-0.05, 0) is 19.9 Å². The summed E-state index contributed by atoms with van der Waals surface area (Å²) in [6.07, 6.45) is 0.668. The average Bonchev–Trinajstić information content (AvgIpc) is 2.83. The third-order valence-electron chi connectivity index (χ3n) is 3.08. The van der Waals surface area contributed by atoms with Crippen molar-refractivity contribution in [3.8, 4) is 6.07 Å². The van der Waals surface area contributed by atoms with Crippen molar-refractivity contribution in [2.75, 3.05) is 19.7 Å². The average molecular weight is 266 g/mol. The monoisotopic (exact) mass is 266 g/mol. The van der Waals surface area contributed by atoms with Crippen molar-refractivity contribution in [3.63, 3.8) is 0 Å². The van der Waals surface area contributed by atoms with Gasteiger partial charge in [-0.3, -0.25) is 0 Å². The Kier molecular flexibility index (Phi) is 4.12. The van der Waals surface area contributed by atoms with Gasteiger partial charge in [-0.2, -0.15) is 10.4 Å². The van der Waals surface area contributed by atoms with Crippen LogP contribution in [0.5, 0.6) is 0 Å². The highest BCUT2D eigenvalue weighted by Gasteiger charge is 2.30. The van der Waals surface area contributed by atoms with Gasteiger partial charge in [0.05, 0.1) is 18.8 Å². The van der Waals surface area contributed by atoms with Crippen LogP contribution in [0.15, 0.2) is 6.20 Å². The quantitative estimate of drug-likeness (QED) is 0.819. The summed E-state index contributed by atoms with van der Waals surface area (Å²) < 4.78 is 20.0. The lowest BCUT2D eigenvalue weighted by molar-refractivity contribution is 0.0525. The first-order valence-corrected chi connectivity index (χ1v) is 6.18. The Morgan fingerprint density at radius 1 is 1.79 bits per heavy atom. The van der Waals surface area contributed by atoms with Crippen molar-refractivity contribution in [1.82, 2.24) is 15.1 Å². The third kappa shape index (κ3) is 2.58. The summed E-state index contributed by atoms with van der Waals surface area (Å²) in [7, 11) is 0. The van der Waals surface area contributed by atoms with Gasteiger partial charge in [-0.1, -0.05) is 0 Å². The molecule has 2 atom stereocenters. The minimum absolute atomic E-state index is 0.0630. The van der Waals surface area contributed by atoms with Crippen molar-refractivity contribution >= 4 is 5.97 Å². The largest absolute Gasteiger partial charge is 0.462 e. The van der Waals surface area contributed by atoms with Crippen molar-refractivity contribution in [2.24, 2.45) is 0 Å². The number of piperidine rings is 1. The Bertz CT molecular complexity index is 508. The molecule has 1 fully saturated rings. The fourth-order valence-electron chi connectivity index (χ4n) is 2.17. The van der Waals surface area contributed by atoms with E-state index in [1.54, 1.807) is 6.92 Å². The fraction of sp³-hybridized carbons (Fsp3) is 0.583. The summed E-state index contributed by atoms with van der Waals surface area (Å²) in [5.41, 5.74) is 0.156. The number of alkyl halides is 1. The third-order valence-corrected chi connectivity index (χ3v) is 3.08. The number of rotatable bonds is 3. The first-order valence-electron chi connectivity index (χ1n) is 6.18. The molecular weight excluding hydrogens is 251 g/mol. The van der Waals surface area contributed by atoms with Gasteiger partial charge in [-0.25, -0.2) is 13.9 Å². The van der Waals surface area contributed by atoms with Crippen molar-refractivity contribution in [1.29, 1.82) is 5.26 Å². The van der Waals surface area contributed by atoms with Gasteiger partial charge in [0.15, 0.2) is 5.69 Å². The summed E-state index contributed by atoms with van der Waals surface area (Å²) in [5, 5.41) is 16.1. The second kappa shape index (κ2) is 5.80. The van der Waals surface area contributed by atoms with E-state index in [9.17, 15) is 9.18 Å². The van der Waals surface area contributed by atoms with E-state index in [-0.39, 0.29) is 24.4 Å². The van der Waals surface area contributed by atoms with E-state index in [4.69, 9.17) is 10.00 Å². The van der Waals surface area contributed by atoms with Gasteiger partial charge < -0.3 is 10.1 Å². The molecule has 102 valence electrons. The van der Waals surface area contributed by atoms with Crippen LogP contribution in [-0.2, 0) is 4.74 Å². The predicted octanol–water partition coefficient (Wildman–Crippen LogP) is 0.804. The van der Waals surface area contributed by atoms with Crippen LogP contribution >= 0.6 is 0 Å². The number of nitriles is 1. The standard InChI is InChI=1S/C12H15FN4O2/c1-2-19-12(18)8-6-16-17(11(8)5-14)10-3-4-15-7-9(10)13/h6,9-10,15H,2-4,7H2,1H3. The van der Waals surface area contributed by atoms with E-state index in [0.29, 0.717) is 13.0 Å². The molecule has 1 N–H and O–H groups in total. The molecule has 0 aromatic carbocycles. The van der Waals surface area contributed by atoms with Crippen LogP contribution in [0.2, 0.25) is 0 Å². The molecule has 1 aromatic rings. The SMILES string of the molecule is CCOC(=O)c1cnn(C2CCNCC2F)c1C#N. The number of aromatic nitrogens is 2. The Labute approximate surface area is 110 Å². The molecule has 1 aliphatic heterocycles. The van der Waals surface area contributed by atoms with Gasteiger partial charge in [-0.15, -0.1) is 0 Å². The number of nitrogens with one attached hydrogen (secondary N) is 1. The van der Waals surface area contributed by atoms with Crippen molar-refractivity contribution in [2.45, 2.75) is 25.6 Å². The highest BCUT2D eigenvalue weighted by Crippen LogP contribution is 2.24. The van der Waals surface area contributed by atoms with Crippen LogP contribution in [0.4, 0.5) is 4.39 Å². The number of hydrogen-bond acceptors (Lipinski definition) is 5. The van der Waals surface area contributed by atoms with Crippen LogP contribution in [-0.4, -0.2) is 41.6 Å². The van der Waals surface area contributed by atoms with Gasteiger partial charge in [0.1, 0.15) is 17.8 Å². The lowest BCUT2D eigenvalue weighted by Crippen LogP contribution is -2.40. The number of carbonyl (C=O) groups is 1. The Balaban J connectivity index is 2.32. The molecule has 0 amide bonds. The minimum Gasteiger partial charge on any atom is -0.462 e. The molecule has 0 radical (unpaired) electrons. The van der Waals surface area contributed by atoms with Crippen molar-refractivity contribution < 1.29 is 13.9 Å². The molecule has 2 heterocycles. The number of halogens is 1. The summed E-state index contributed by atoms with van der Waals surface area (Å²) in [6.45, 7) is 2.78. The van der Waals surface area contributed by atoms with Gasteiger partial charge in [0, 0.05) is 6.54 Å². The topological polar surface area (TPSA) is 79.9 Å². The molecule has 1 aliphatic rings. The van der Waals surface area contributed by atoms with E-state index < -0.39 is 18.2 Å². The maximum atomic E-state index is 13.9. The van der Waals surface area contributed by atoms with Gasteiger partial charge in [0.2, 0.25) is 0 Å². The predicted molar refractivity (Wildman–Crippen MR) is 64.3 cm³/mol. The maximum absolute atomic E-state index is 13.9. The first kappa shape index (κ1) is 13.5. The highest BCUT2D eigenvalue weighted by atomic mass is 19.1. The fourth-order valence-corrected chi connectivity index (χ4v) is 2.17. The molecule has 2 unspecified atom stereocenters. The summed E-state index contributed by atoms with van der Waals surface area (Å²) >= 11 is 0. The van der Waals surface area contributed by atoms with Crippen LogP contribution in [0.25, 0.3) is 0 Å². The highest BCUT2D eigenvalue weighted by molar-refractivity contribution is 5.91. The molecule has 0 saturated carbocycles. The Hall–Kier alpha value is -1.94. The van der Waals surface area contributed by atoms with E-state index in [1.165, 1.54) is 10.9 Å². The molecule has 0 bridgehead atoms. The lowest BCUT2D eigenvalue weighted by atomic mass is 10.0. The number of hydrogen-bond donors (Lipinski definition) is 1. The Morgan fingerprint density at radius 2 is 2.58 bits per heavy atom. The second-order valence-corrected chi connectivity index (χ2v) is 4.26. The lowest BCUT2D eigenvalue weighted by Gasteiger charge is -2.27. The molecule has 1 saturated heterocycles. The molecule has 6 nitrogen and oxygen atoms in total. The zero-order valence-electron chi connectivity index (χ0n) is 10.6.